The normalized spacial score (nSPS) is 13.1. The minimum Gasteiger partial charge on any atom is -0.456 e. The Morgan fingerprint density at radius 2 is 0.959 bits per heavy atom. The quantitative estimate of drug-likeness (QED) is 0.182. The number of fused-ring (bicyclic) bond motifs is 9. The van der Waals surface area contributed by atoms with Gasteiger partial charge in [0.1, 0.15) is 11.2 Å². The molecule has 8 aromatic carbocycles. The van der Waals surface area contributed by atoms with Crippen LogP contribution in [-0.2, 0) is 0 Å². The van der Waals surface area contributed by atoms with Crippen molar-refractivity contribution in [1.29, 1.82) is 0 Å². The van der Waals surface area contributed by atoms with Crippen molar-refractivity contribution in [3.8, 4) is 45.3 Å². The van der Waals surface area contributed by atoms with E-state index in [2.05, 4.69) is 83.8 Å². The highest BCUT2D eigenvalue weighted by molar-refractivity contribution is 6.25. The molecule has 0 amide bonds. The third-order valence-electron chi connectivity index (χ3n) is 9.20. The van der Waals surface area contributed by atoms with Crippen LogP contribution in [0.3, 0.4) is 0 Å². The third kappa shape index (κ3) is 4.49. The zero-order valence-electron chi connectivity index (χ0n) is 31.0. The minimum absolute atomic E-state index is 0.0164. The molecule has 10 rings (SSSR count). The van der Waals surface area contributed by atoms with E-state index in [1.165, 1.54) is 32.3 Å². The molecule has 0 saturated heterocycles. The number of hydrogen-bond acceptors (Lipinski definition) is 4. The first-order chi connectivity index (χ1) is 26.4. The number of rotatable bonds is 4. The highest BCUT2D eigenvalue weighted by Gasteiger charge is 2.18. The smallest absolute Gasteiger partial charge is 0.164 e. The summed E-state index contributed by atoms with van der Waals surface area (Å²) in [5.41, 5.74) is 4.67. The summed E-state index contributed by atoms with van der Waals surface area (Å²) in [6, 6.07) is 42.8. The molecule has 0 saturated carbocycles. The Morgan fingerprint density at radius 3 is 1.67 bits per heavy atom. The highest BCUT2D eigenvalue weighted by atomic mass is 16.3. The van der Waals surface area contributed by atoms with Gasteiger partial charge in [-0.15, -0.1) is 0 Å². The van der Waals surface area contributed by atoms with Gasteiger partial charge in [-0.25, -0.2) is 15.0 Å². The average molecular weight is 631 g/mol. The van der Waals surface area contributed by atoms with Gasteiger partial charge >= 0.3 is 0 Å². The van der Waals surface area contributed by atoms with E-state index in [9.17, 15) is 0 Å². The molecular weight excluding hydrogens is 599 g/mol. The lowest BCUT2D eigenvalue weighted by atomic mass is 9.92. The molecule has 4 heteroatoms. The molecule has 0 aliphatic rings. The van der Waals surface area contributed by atoms with Crippen molar-refractivity contribution >= 4 is 54.3 Å². The largest absolute Gasteiger partial charge is 0.456 e. The van der Waals surface area contributed by atoms with Crippen molar-refractivity contribution < 1.29 is 11.3 Å². The fraction of sp³-hybridized carbons (Fsp3) is 0. The van der Waals surface area contributed by atoms with Gasteiger partial charge in [0.05, 0.1) is 6.85 Å². The molecule has 0 N–H and O–H groups in total. The van der Waals surface area contributed by atoms with Gasteiger partial charge in [-0.05, 0) is 67.7 Å². The SMILES string of the molecule is [2H]c1c([2H])c([2H])c(-c2nc(-c3ccccc3)nc(-c3cccc4oc5ccc(-c6ccc7c8ccccc8c8ccccc8c7c6)cc5c34)n2)c([2H])c1[2H]. The van der Waals surface area contributed by atoms with Crippen LogP contribution in [0.25, 0.3) is 99.5 Å². The van der Waals surface area contributed by atoms with Crippen LogP contribution in [0.15, 0.2) is 168 Å². The molecule has 0 fully saturated rings. The van der Waals surface area contributed by atoms with Crippen molar-refractivity contribution in [3.05, 3.63) is 164 Å². The molecule has 0 radical (unpaired) electrons. The van der Waals surface area contributed by atoms with Crippen LogP contribution in [0.2, 0.25) is 0 Å². The van der Waals surface area contributed by atoms with Crippen molar-refractivity contribution in [2.45, 2.75) is 0 Å². The summed E-state index contributed by atoms with van der Waals surface area (Å²) >= 11 is 0. The van der Waals surface area contributed by atoms with Crippen LogP contribution in [0, 0.1) is 0 Å². The summed E-state index contributed by atoms with van der Waals surface area (Å²) in [7, 11) is 0. The van der Waals surface area contributed by atoms with Crippen molar-refractivity contribution in [1.82, 2.24) is 15.0 Å². The maximum Gasteiger partial charge on any atom is 0.164 e. The molecule has 2 aromatic heterocycles. The van der Waals surface area contributed by atoms with E-state index in [-0.39, 0.29) is 29.3 Å². The topological polar surface area (TPSA) is 51.8 Å². The molecular formula is C45H27N3O. The van der Waals surface area contributed by atoms with E-state index in [1.54, 1.807) is 0 Å². The van der Waals surface area contributed by atoms with Crippen LogP contribution < -0.4 is 0 Å². The van der Waals surface area contributed by atoms with Gasteiger partial charge in [0.15, 0.2) is 17.5 Å². The molecule has 49 heavy (non-hydrogen) atoms. The van der Waals surface area contributed by atoms with Gasteiger partial charge in [0.2, 0.25) is 0 Å². The van der Waals surface area contributed by atoms with Crippen LogP contribution in [0.5, 0.6) is 0 Å². The second-order valence-electron chi connectivity index (χ2n) is 12.0. The van der Waals surface area contributed by atoms with E-state index >= 15 is 0 Å². The molecule has 10 aromatic rings. The first-order valence-corrected chi connectivity index (χ1v) is 16.0. The van der Waals surface area contributed by atoms with Crippen LogP contribution in [0.4, 0.5) is 0 Å². The Morgan fingerprint density at radius 1 is 0.388 bits per heavy atom. The Bertz CT molecular complexity index is 3120. The van der Waals surface area contributed by atoms with Crippen LogP contribution >= 0.6 is 0 Å². The molecule has 0 spiro atoms. The lowest BCUT2D eigenvalue weighted by molar-refractivity contribution is 0.669. The van der Waals surface area contributed by atoms with E-state index in [4.69, 9.17) is 21.2 Å². The van der Waals surface area contributed by atoms with Crippen LogP contribution in [0.1, 0.15) is 6.85 Å². The summed E-state index contributed by atoms with van der Waals surface area (Å²) in [4.78, 5) is 14.4. The zero-order chi connectivity index (χ0) is 36.7. The molecule has 2 heterocycles. The zero-order valence-corrected chi connectivity index (χ0v) is 26.0. The molecule has 228 valence electrons. The number of hydrogen-bond donors (Lipinski definition) is 0. The minimum atomic E-state index is -0.482. The van der Waals surface area contributed by atoms with Gasteiger partial charge < -0.3 is 4.42 Å². The Labute approximate surface area is 289 Å². The highest BCUT2D eigenvalue weighted by Crippen LogP contribution is 2.40. The number of furan rings is 1. The van der Waals surface area contributed by atoms with E-state index in [1.807, 2.05) is 54.6 Å². The van der Waals surface area contributed by atoms with Crippen molar-refractivity contribution in [2.75, 3.05) is 0 Å². The number of nitrogens with zero attached hydrogens (tertiary/aromatic N) is 3. The predicted octanol–water partition coefficient (Wildman–Crippen LogP) is 11.9. The summed E-state index contributed by atoms with van der Waals surface area (Å²) in [5.74, 6) is 0.578. The average Bonchev–Trinajstić information content (AvgIpc) is 3.61. The van der Waals surface area contributed by atoms with E-state index in [0.717, 1.165) is 21.9 Å². The molecule has 0 atom stereocenters. The van der Waals surface area contributed by atoms with Gasteiger partial charge in [-0.2, -0.15) is 0 Å². The number of aromatic nitrogens is 3. The molecule has 0 bridgehead atoms. The Balaban J connectivity index is 1.20. The maximum atomic E-state index is 8.69. The predicted molar refractivity (Wildman–Crippen MR) is 201 cm³/mol. The molecule has 0 aliphatic carbocycles. The van der Waals surface area contributed by atoms with E-state index in [0.29, 0.717) is 28.1 Å². The van der Waals surface area contributed by atoms with Crippen molar-refractivity contribution in [2.24, 2.45) is 0 Å². The van der Waals surface area contributed by atoms with Gasteiger partial charge in [0, 0.05) is 27.5 Å². The molecule has 0 unspecified atom stereocenters. The lowest BCUT2D eigenvalue weighted by Crippen LogP contribution is -2.00. The molecule has 4 nitrogen and oxygen atoms in total. The lowest BCUT2D eigenvalue weighted by Gasteiger charge is -2.12. The fourth-order valence-corrected chi connectivity index (χ4v) is 6.97. The standard InChI is InChI=1S/C45H27N3O/c1-3-12-28(13-4-1)43-46-44(29-14-5-2-6-15-29)48-45(47-43)37-20-11-21-41-42(37)39-27-31(23-25-40(39)49-41)30-22-24-36-34-18-8-7-16-32(34)33-17-9-10-19-35(33)38(36)26-30/h1-27H/i1D,3D,4D,12D,13D. The number of benzene rings is 8. The van der Waals surface area contributed by atoms with Gasteiger partial charge in [-0.1, -0.05) is 139 Å². The Hall–Kier alpha value is -6.65. The van der Waals surface area contributed by atoms with E-state index < -0.39 is 18.1 Å². The monoisotopic (exact) mass is 630 g/mol. The third-order valence-corrected chi connectivity index (χ3v) is 9.20. The van der Waals surface area contributed by atoms with Crippen LogP contribution in [-0.4, -0.2) is 15.0 Å². The van der Waals surface area contributed by atoms with Crippen molar-refractivity contribution in [3.63, 3.8) is 0 Å². The van der Waals surface area contributed by atoms with Gasteiger partial charge in [-0.3, -0.25) is 0 Å². The summed E-state index contributed by atoms with van der Waals surface area (Å²) in [6.45, 7) is 0. The first-order valence-electron chi connectivity index (χ1n) is 18.5. The second-order valence-corrected chi connectivity index (χ2v) is 12.0. The maximum absolute atomic E-state index is 8.69. The Kier molecular flexibility index (Phi) is 5.10. The summed E-state index contributed by atoms with van der Waals surface area (Å²) in [5, 5.41) is 8.90. The van der Waals surface area contributed by atoms with Gasteiger partial charge in [0.25, 0.3) is 0 Å². The summed E-state index contributed by atoms with van der Waals surface area (Å²) < 4.78 is 48.5. The summed E-state index contributed by atoms with van der Waals surface area (Å²) in [6.07, 6.45) is 0. The second kappa shape index (κ2) is 11.0. The molecule has 0 aliphatic heterocycles. The first kappa shape index (κ1) is 22.8. The fourth-order valence-electron chi connectivity index (χ4n) is 6.97.